The van der Waals surface area contributed by atoms with Crippen LogP contribution in [0.25, 0.3) is 0 Å². The average molecular weight is 381 g/mol. The van der Waals surface area contributed by atoms with Crippen LogP contribution in [0.15, 0.2) is 35.1 Å². The van der Waals surface area contributed by atoms with Gasteiger partial charge in [0.15, 0.2) is 0 Å². The largest absolute Gasteiger partial charge is 0.342 e. The Kier molecular flexibility index (Phi) is 5.81. The minimum atomic E-state index is 0.0657. The number of piperidine rings is 1. The molecule has 0 aliphatic carbocycles. The van der Waals surface area contributed by atoms with Crippen LogP contribution in [0, 0.1) is 5.92 Å². The highest BCUT2D eigenvalue weighted by Crippen LogP contribution is 2.23. The Morgan fingerprint density at radius 2 is 1.93 bits per heavy atom. The normalized spacial score (nSPS) is 19.4. The lowest BCUT2D eigenvalue weighted by atomic mass is 9.97. The van der Waals surface area contributed by atoms with E-state index in [9.17, 15) is 4.79 Å². The van der Waals surface area contributed by atoms with E-state index in [1.165, 1.54) is 18.4 Å². The highest BCUT2D eigenvalue weighted by molar-refractivity contribution is 5.34. The molecule has 1 aromatic carbocycles. The second kappa shape index (κ2) is 8.48. The van der Waals surface area contributed by atoms with E-state index in [2.05, 4.69) is 59.0 Å². The molecule has 0 bridgehead atoms. The summed E-state index contributed by atoms with van der Waals surface area (Å²) in [5.41, 5.74) is 3.34. The van der Waals surface area contributed by atoms with Crippen LogP contribution in [0.5, 0.6) is 0 Å². The van der Waals surface area contributed by atoms with Crippen LogP contribution in [0.2, 0.25) is 0 Å². The van der Waals surface area contributed by atoms with Crippen LogP contribution in [-0.4, -0.2) is 41.0 Å². The first-order valence-corrected chi connectivity index (χ1v) is 10.7. The quantitative estimate of drug-likeness (QED) is 0.862. The van der Waals surface area contributed by atoms with E-state index in [0.717, 1.165) is 68.7 Å². The number of hydrogen-bond donors (Lipinski definition) is 1. The van der Waals surface area contributed by atoms with Crippen molar-refractivity contribution >= 4 is 5.95 Å². The smallest absolute Gasteiger partial charge is 0.255 e. The van der Waals surface area contributed by atoms with Gasteiger partial charge in [0.2, 0.25) is 5.95 Å². The van der Waals surface area contributed by atoms with E-state index >= 15 is 0 Å². The molecule has 3 heterocycles. The van der Waals surface area contributed by atoms with Crippen LogP contribution >= 0.6 is 0 Å². The van der Waals surface area contributed by atoms with Gasteiger partial charge in [0, 0.05) is 31.7 Å². The Morgan fingerprint density at radius 3 is 2.68 bits per heavy atom. The Hall–Kier alpha value is -2.14. The molecule has 5 nitrogen and oxygen atoms in total. The maximum Gasteiger partial charge on any atom is 0.255 e. The first-order valence-electron chi connectivity index (χ1n) is 10.7. The lowest BCUT2D eigenvalue weighted by Crippen LogP contribution is -2.39. The first kappa shape index (κ1) is 19.2. The van der Waals surface area contributed by atoms with Crippen LogP contribution in [0.4, 0.5) is 5.95 Å². The van der Waals surface area contributed by atoms with E-state index in [4.69, 9.17) is 4.98 Å². The van der Waals surface area contributed by atoms with Crippen LogP contribution < -0.4 is 10.5 Å². The highest BCUT2D eigenvalue weighted by Gasteiger charge is 2.24. The third-order valence-corrected chi connectivity index (χ3v) is 6.47. The molecule has 1 fully saturated rings. The minimum Gasteiger partial charge on any atom is -0.342 e. The summed E-state index contributed by atoms with van der Waals surface area (Å²) in [6, 6.07) is 10.7. The summed E-state index contributed by atoms with van der Waals surface area (Å²) in [5.74, 6) is 2.08. The van der Waals surface area contributed by atoms with E-state index in [0.29, 0.717) is 5.92 Å². The molecule has 1 saturated heterocycles. The Bertz CT molecular complexity index is 839. The second-order valence-corrected chi connectivity index (χ2v) is 8.61. The van der Waals surface area contributed by atoms with E-state index in [-0.39, 0.29) is 5.56 Å². The van der Waals surface area contributed by atoms with Crippen molar-refractivity contribution in [3.8, 4) is 0 Å². The van der Waals surface area contributed by atoms with Crippen LogP contribution in [-0.2, 0) is 13.0 Å². The molecule has 28 heavy (non-hydrogen) atoms. The molecule has 0 saturated carbocycles. The van der Waals surface area contributed by atoms with Gasteiger partial charge in [-0.3, -0.25) is 14.7 Å². The predicted octanol–water partition coefficient (Wildman–Crippen LogP) is 3.56. The SMILES string of the molecule is CC1CCN(c2nc3c(c(=O)[nH]2)CCN(CCC(C)c2ccccc2)C3)CC1. The monoisotopic (exact) mass is 380 g/mol. The Labute approximate surface area is 167 Å². The predicted molar refractivity (Wildman–Crippen MR) is 114 cm³/mol. The van der Waals surface area contributed by atoms with Gasteiger partial charge in [0.1, 0.15) is 0 Å². The zero-order valence-electron chi connectivity index (χ0n) is 17.2. The van der Waals surface area contributed by atoms with Crippen molar-refractivity contribution in [2.75, 3.05) is 31.1 Å². The van der Waals surface area contributed by atoms with Crippen LogP contribution in [0.3, 0.4) is 0 Å². The molecule has 0 radical (unpaired) electrons. The van der Waals surface area contributed by atoms with Gasteiger partial charge < -0.3 is 4.90 Å². The molecule has 0 amide bonds. The summed E-state index contributed by atoms with van der Waals surface area (Å²) in [7, 11) is 0. The Morgan fingerprint density at radius 1 is 1.18 bits per heavy atom. The van der Waals surface area contributed by atoms with Gasteiger partial charge in [-0.15, -0.1) is 0 Å². The topological polar surface area (TPSA) is 52.2 Å². The molecule has 2 aliphatic rings. The number of aromatic nitrogens is 2. The van der Waals surface area contributed by atoms with Gasteiger partial charge in [-0.2, -0.15) is 0 Å². The zero-order chi connectivity index (χ0) is 19.5. The highest BCUT2D eigenvalue weighted by atomic mass is 16.1. The molecular formula is C23H32N4O. The van der Waals surface area contributed by atoms with Crippen molar-refractivity contribution in [2.45, 2.75) is 52.0 Å². The van der Waals surface area contributed by atoms with Gasteiger partial charge in [-0.25, -0.2) is 4.98 Å². The third-order valence-electron chi connectivity index (χ3n) is 6.47. The number of fused-ring (bicyclic) bond motifs is 1. The number of H-pyrrole nitrogens is 1. The minimum absolute atomic E-state index is 0.0657. The number of rotatable bonds is 5. The van der Waals surface area contributed by atoms with E-state index < -0.39 is 0 Å². The molecular weight excluding hydrogens is 348 g/mol. The summed E-state index contributed by atoms with van der Waals surface area (Å²) in [6.45, 7) is 9.35. The second-order valence-electron chi connectivity index (χ2n) is 8.61. The fourth-order valence-corrected chi connectivity index (χ4v) is 4.37. The zero-order valence-corrected chi connectivity index (χ0v) is 17.2. The van der Waals surface area contributed by atoms with Crippen molar-refractivity contribution in [1.29, 1.82) is 0 Å². The summed E-state index contributed by atoms with van der Waals surface area (Å²) in [5, 5.41) is 0. The van der Waals surface area contributed by atoms with Crippen molar-refractivity contribution in [2.24, 2.45) is 5.92 Å². The number of benzene rings is 1. The lowest BCUT2D eigenvalue weighted by Gasteiger charge is -2.32. The number of aromatic amines is 1. The summed E-state index contributed by atoms with van der Waals surface area (Å²) < 4.78 is 0. The van der Waals surface area contributed by atoms with Gasteiger partial charge in [-0.1, -0.05) is 44.2 Å². The van der Waals surface area contributed by atoms with E-state index in [1.807, 2.05) is 0 Å². The van der Waals surface area contributed by atoms with Gasteiger partial charge in [0.25, 0.3) is 5.56 Å². The molecule has 150 valence electrons. The number of nitrogens with one attached hydrogen (secondary N) is 1. The van der Waals surface area contributed by atoms with Gasteiger partial charge in [-0.05, 0) is 49.6 Å². The maximum atomic E-state index is 12.6. The molecule has 2 aliphatic heterocycles. The molecule has 1 N–H and O–H groups in total. The summed E-state index contributed by atoms with van der Waals surface area (Å²) >= 11 is 0. The molecule has 5 heteroatoms. The molecule has 1 atom stereocenters. The fourth-order valence-electron chi connectivity index (χ4n) is 4.37. The molecule has 4 rings (SSSR count). The van der Waals surface area contributed by atoms with Crippen molar-refractivity contribution in [3.63, 3.8) is 0 Å². The number of hydrogen-bond acceptors (Lipinski definition) is 4. The standard InChI is InChI=1S/C23H32N4O/c1-17-8-14-27(15-9-17)23-24-21-16-26(13-11-20(21)22(28)25-23)12-10-18(2)19-6-4-3-5-7-19/h3-7,17-18H,8-16H2,1-2H3,(H,24,25,28). The third kappa shape index (κ3) is 4.30. The van der Waals surface area contributed by atoms with E-state index in [1.54, 1.807) is 0 Å². The molecule has 1 aromatic heterocycles. The van der Waals surface area contributed by atoms with Gasteiger partial charge in [0.05, 0.1) is 5.69 Å². The fraction of sp³-hybridized carbons (Fsp3) is 0.565. The number of nitrogens with zero attached hydrogens (tertiary/aromatic N) is 3. The molecule has 0 spiro atoms. The number of anilines is 1. The first-order chi connectivity index (χ1) is 13.6. The lowest BCUT2D eigenvalue weighted by molar-refractivity contribution is 0.241. The average Bonchev–Trinajstić information content (AvgIpc) is 2.73. The van der Waals surface area contributed by atoms with Crippen molar-refractivity contribution in [1.82, 2.24) is 14.9 Å². The molecule has 1 unspecified atom stereocenters. The summed E-state index contributed by atoms with van der Waals surface area (Å²) in [6.07, 6.45) is 4.27. The molecule has 2 aromatic rings. The maximum absolute atomic E-state index is 12.6. The Balaban J connectivity index is 1.42. The van der Waals surface area contributed by atoms with Crippen molar-refractivity contribution in [3.05, 3.63) is 57.5 Å². The van der Waals surface area contributed by atoms with Crippen molar-refractivity contribution < 1.29 is 0 Å². The summed E-state index contributed by atoms with van der Waals surface area (Å²) in [4.78, 5) is 25.2. The van der Waals surface area contributed by atoms with Gasteiger partial charge >= 0.3 is 0 Å². The van der Waals surface area contributed by atoms with Crippen LogP contribution in [0.1, 0.15) is 55.8 Å².